The molecule has 3 N–H and O–H groups in total. The smallest absolute Gasteiger partial charge is 0.408 e. The van der Waals surface area contributed by atoms with Crippen LogP contribution in [0.4, 0.5) is 4.79 Å². The summed E-state index contributed by atoms with van der Waals surface area (Å²) in [5.74, 6) is -0.645. The third-order valence-electron chi connectivity index (χ3n) is 3.01. The maximum Gasteiger partial charge on any atom is 0.408 e. The zero-order valence-corrected chi connectivity index (χ0v) is 18.6. The van der Waals surface area contributed by atoms with Gasteiger partial charge in [-0.2, -0.15) is 11.8 Å². The van der Waals surface area contributed by atoms with Crippen LogP contribution in [0.15, 0.2) is 0 Å². The van der Waals surface area contributed by atoms with Crippen LogP contribution >= 0.6 is 11.8 Å². The number of alkyl carbamates (subject to hydrolysis) is 1. The summed E-state index contributed by atoms with van der Waals surface area (Å²) in [6.07, 6.45) is -0.752. The maximum absolute atomic E-state index is 12.7. The molecule has 0 saturated carbocycles. The van der Waals surface area contributed by atoms with E-state index in [0.29, 0.717) is 5.75 Å². The predicted molar refractivity (Wildman–Crippen MR) is 107 cm³/mol. The van der Waals surface area contributed by atoms with Crippen LogP contribution in [0.25, 0.3) is 0 Å². The summed E-state index contributed by atoms with van der Waals surface area (Å²) in [7, 11) is 1.21. The van der Waals surface area contributed by atoms with E-state index in [1.54, 1.807) is 20.8 Å². The molecular formula is C18H34N2O7S. The van der Waals surface area contributed by atoms with Gasteiger partial charge in [-0.05, 0) is 41.5 Å². The highest BCUT2D eigenvalue weighted by molar-refractivity contribution is 7.99. The summed E-state index contributed by atoms with van der Waals surface area (Å²) in [6, 6.07) is -1.99. The van der Waals surface area contributed by atoms with Gasteiger partial charge >= 0.3 is 12.1 Å². The van der Waals surface area contributed by atoms with Crippen molar-refractivity contribution in [1.82, 2.24) is 10.6 Å². The van der Waals surface area contributed by atoms with E-state index in [9.17, 15) is 14.4 Å². The SMILES string of the molecule is COC(=O)[C@H](COC(C)(C)C)NC(=O)[C@@H](CSCCO)NC(=O)OC(C)(C)C. The molecule has 0 aliphatic carbocycles. The minimum absolute atomic E-state index is 0.0599. The Hall–Kier alpha value is -1.52. The Morgan fingerprint density at radius 1 is 1.00 bits per heavy atom. The fourth-order valence-electron chi connectivity index (χ4n) is 1.81. The number of aliphatic hydroxyl groups is 1. The second-order valence-corrected chi connectivity index (χ2v) is 9.15. The number of hydrogen-bond donors (Lipinski definition) is 3. The number of rotatable bonds is 10. The molecule has 0 aliphatic heterocycles. The van der Waals surface area contributed by atoms with Crippen LogP contribution in [0.1, 0.15) is 41.5 Å². The fourth-order valence-corrected chi connectivity index (χ4v) is 2.58. The van der Waals surface area contributed by atoms with Gasteiger partial charge in [-0.1, -0.05) is 0 Å². The van der Waals surface area contributed by atoms with E-state index < -0.39 is 41.3 Å². The van der Waals surface area contributed by atoms with Crippen molar-refractivity contribution < 1.29 is 33.7 Å². The quantitative estimate of drug-likeness (QED) is 0.353. The summed E-state index contributed by atoms with van der Waals surface area (Å²) >= 11 is 1.28. The van der Waals surface area contributed by atoms with E-state index in [-0.39, 0.29) is 19.0 Å². The van der Waals surface area contributed by atoms with Crippen LogP contribution in [0.2, 0.25) is 0 Å². The number of carbonyl (C=O) groups excluding carboxylic acids is 3. The molecule has 0 rings (SSSR count). The van der Waals surface area contributed by atoms with Crippen LogP contribution < -0.4 is 10.6 Å². The molecular weight excluding hydrogens is 388 g/mol. The van der Waals surface area contributed by atoms with Gasteiger partial charge in [-0.15, -0.1) is 0 Å². The molecule has 0 unspecified atom stereocenters. The van der Waals surface area contributed by atoms with Crippen LogP contribution in [0, 0.1) is 0 Å². The summed E-state index contributed by atoms with van der Waals surface area (Å²) in [5.41, 5.74) is -1.24. The molecule has 28 heavy (non-hydrogen) atoms. The number of esters is 1. The first-order chi connectivity index (χ1) is 12.8. The highest BCUT2D eigenvalue weighted by atomic mass is 32.2. The molecule has 2 atom stereocenters. The number of hydrogen-bond acceptors (Lipinski definition) is 8. The van der Waals surface area contributed by atoms with Crippen LogP contribution in [0.3, 0.4) is 0 Å². The van der Waals surface area contributed by atoms with Gasteiger partial charge in [0.15, 0.2) is 6.04 Å². The van der Waals surface area contributed by atoms with Crippen molar-refractivity contribution in [3.63, 3.8) is 0 Å². The highest BCUT2D eigenvalue weighted by Crippen LogP contribution is 2.10. The lowest BCUT2D eigenvalue weighted by Gasteiger charge is -2.26. The first-order valence-electron chi connectivity index (χ1n) is 8.99. The third kappa shape index (κ3) is 12.8. The Morgan fingerprint density at radius 3 is 2.07 bits per heavy atom. The van der Waals surface area contributed by atoms with E-state index >= 15 is 0 Å². The van der Waals surface area contributed by atoms with Gasteiger partial charge in [0.1, 0.15) is 11.6 Å². The zero-order valence-electron chi connectivity index (χ0n) is 17.8. The number of carbonyl (C=O) groups is 3. The molecule has 10 heteroatoms. The van der Waals surface area contributed by atoms with E-state index in [4.69, 9.17) is 19.3 Å². The van der Waals surface area contributed by atoms with Crippen molar-refractivity contribution in [2.75, 3.05) is 31.8 Å². The van der Waals surface area contributed by atoms with Gasteiger partial charge < -0.3 is 30.0 Å². The fraction of sp³-hybridized carbons (Fsp3) is 0.833. The maximum atomic E-state index is 12.7. The Kier molecular flexibility index (Phi) is 11.5. The minimum Gasteiger partial charge on any atom is -0.467 e. The predicted octanol–water partition coefficient (Wildman–Crippen LogP) is 1.08. The van der Waals surface area contributed by atoms with Gasteiger partial charge in [0, 0.05) is 11.5 Å². The molecule has 0 aliphatic rings. The number of ether oxygens (including phenoxy) is 3. The van der Waals surface area contributed by atoms with Gasteiger partial charge in [-0.25, -0.2) is 9.59 Å². The summed E-state index contributed by atoms with van der Waals surface area (Å²) in [6.45, 7) is 10.4. The molecule has 0 aromatic rings. The molecule has 9 nitrogen and oxygen atoms in total. The first-order valence-corrected chi connectivity index (χ1v) is 10.1. The lowest BCUT2D eigenvalue weighted by atomic mass is 10.2. The van der Waals surface area contributed by atoms with Gasteiger partial charge in [-0.3, -0.25) is 4.79 Å². The monoisotopic (exact) mass is 422 g/mol. The summed E-state index contributed by atoms with van der Waals surface area (Å²) in [4.78, 5) is 36.7. The summed E-state index contributed by atoms with van der Waals surface area (Å²) < 4.78 is 15.5. The van der Waals surface area contributed by atoms with Crippen molar-refractivity contribution in [3.05, 3.63) is 0 Å². The molecule has 164 valence electrons. The van der Waals surface area contributed by atoms with Gasteiger partial charge in [0.05, 0.1) is 25.9 Å². The minimum atomic E-state index is -1.03. The Balaban J connectivity index is 5.13. The summed E-state index contributed by atoms with van der Waals surface area (Å²) in [5, 5.41) is 14.0. The topological polar surface area (TPSA) is 123 Å². The van der Waals surface area contributed by atoms with Crippen LogP contribution in [-0.4, -0.2) is 78.2 Å². The third-order valence-corrected chi connectivity index (χ3v) is 4.05. The molecule has 0 heterocycles. The number of nitrogens with one attached hydrogen (secondary N) is 2. The molecule has 0 spiro atoms. The standard InChI is InChI=1S/C18H34N2O7S/c1-17(2,3)26-10-12(15(23)25-7)19-14(22)13(11-28-9-8-21)20-16(24)27-18(4,5)6/h12-13,21H,8-11H2,1-7H3,(H,19,22)(H,20,24)/t12-,13+/m0/s1. The van der Waals surface area contributed by atoms with Gasteiger partial charge in [0.2, 0.25) is 5.91 Å². The zero-order chi connectivity index (χ0) is 22.0. The second-order valence-electron chi connectivity index (χ2n) is 8.01. The number of aliphatic hydroxyl groups excluding tert-OH is 1. The molecule has 0 fully saturated rings. The Morgan fingerprint density at radius 2 is 1.61 bits per heavy atom. The molecule has 0 saturated heterocycles. The van der Waals surface area contributed by atoms with E-state index in [0.717, 1.165) is 0 Å². The van der Waals surface area contributed by atoms with Gasteiger partial charge in [0.25, 0.3) is 0 Å². The molecule has 0 radical (unpaired) electrons. The van der Waals surface area contributed by atoms with E-state index in [1.165, 1.54) is 18.9 Å². The van der Waals surface area contributed by atoms with E-state index in [1.807, 2.05) is 20.8 Å². The van der Waals surface area contributed by atoms with Crippen molar-refractivity contribution >= 4 is 29.7 Å². The van der Waals surface area contributed by atoms with Crippen molar-refractivity contribution in [2.45, 2.75) is 64.8 Å². The average Bonchev–Trinajstić information content (AvgIpc) is 2.54. The van der Waals surface area contributed by atoms with Crippen molar-refractivity contribution in [1.29, 1.82) is 0 Å². The number of methoxy groups -OCH3 is 1. The molecule has 0 aromatic heterocycles. The first kappa shape index (κ1) is 26.5. The number of thioether (sulfide) groups is 1. The van der Waals surface area contributed by atoms with Crippen molar-refractivity contribution in [2.24, 2.45) is 0 Å². The Bertz CT molecular complexity index is 515. The number of amides is 2. The Labute approximate surface area is 171 Å². The van der Waals surface area contributed by atoms with Crippen molar-refractivity contribution in [3.8, 4) is 0 Å². The lowest BCUT2D eigenvalue weighted by molar-refractivity contribution is -0.148. The second kappa shape index (κ2) is 12.1. The molecule has 2 amide bonds. The van der Waals surface area contributed by atoms with E-state index in [2.05, 4.69) is 10.6 Å². The average molecular weight is 423 g/mol. The van der Waals surface area contributed by atoms with Crippen LogP contribution in [0.5, 0.6) is 0 Å². The molecule has 0 aromatic carbocycles. The largest absolute Gasteiger partial charge is 0.467 e. The normalized spacial score (nSPS) is 14.0. The molecule has 0 bridgehead atoms. The van der Waals surface area contributed by atoms with Crippen LogP contribution in [-0.2, 0) is 23.8 Å². The lowest BCUT2D eigenvalue weighted by Crippen LogP contribution is -2.55. The highest BCUT2D eigenvalue weighted by Gasteiger charge is 2.30.